The second kappa shape index (κ2) is 10.8. The van der Waals surface area contributed by atoms with E-state index in [1.165, 1.54) is 19.3 Å². The van der Waals surface area contributed by atoms with E-state index < -0.39 is 0 Å². The molecule has 2 aliphatic heterocycles. The normalized spacial score (nSPS) is 19.2. The molecule has 0 N–H and O–H groups in total. The highest BCUT2D eigenvalue weighted by molar-refractivity contribution is 6.42. The fraction of sp³-hybridized carbons (Fsp3) is 0.583. The molecule has 0 saturated carbocycles. The summed E-state index contributed by atoms with van der Waals surface area (Å²) in [5, 5.41) is 0.943. The van der Waals surface area contributed by atoms with E-state index in [9.17, 15) is 9.59 Å². The van der Waals surface area contributed by atoms with Crippen molar-refractivity contribution < 1.29 is 9.59 Å². The number of piperidine rings is 1. The lowest BCUT2D eigenvalue weighted by Crippen LogP contribution is -2.46. The summed E-state index contributed by atoms with van der Waals surface area (Å²) in [4.78, 5) is 31.6. The van der Waals surface area contributed by atoms with Crippen LogP contribution in [0.3, 0.4) is 0 Å². The minimum absolute atomic E-state index is 0.0277. The highest BCUT2D eigenvalue weighted by Gasteiger charge is 2.30. The van der Waals surface area contributed by atoms with E-state index in [1.54, 1.807) is 29.2 Å². The van der Waals surface area contributed by atoms with Gasteiger partial charge in [-0.25, -0.2) is 0 Å². The summed E-state index contributed by atoms with van der Waals surface area (Å²) in [6.07, 6.45) is 7.50. The van der Waals surface area contributed by atoms with Crippen molar-refractivity contribution in [1.82, 2.24) is 14.7 Å². The molecule has 1 aromatic rings. The molecule has 31 heavy (non-hydrogen) atoms. The fourth-order valence-corrected chi connectivity index (χ4v) is 4.74. The minimum Gasteiger partial charge on any atom is -0.340 e. The van der Waals surface area contributed by atoms with Gasteiger partial charge >= 0.3 is 0 Å². The minimum atomic E-state index is -0.0895. The third-order valence-corrected chi connectivity index (χ3v) is 6.72. The maximum Gasteiger partial charge on any atom is 0.246 e. The van der Waals surface area contributed by atoms with Gasteiger partial charge in [-0.2, -0.15) is 0 Å². The molecule has 7 heteroatoms. The Morgan fingerprint density at radius 3 is 2.45 bits per heavy atom. The van der Waals surface area contributed by atoms with E-state index in [0.717, 1.165) is 31.7 Å². The summed E-state index contributed by atoms with van der Waals surface area (Å²) in [6.45, 7) is 10.1. The van der Waals surface area contributed by atoms with Crippen molar-refractivity contribution in [2.75, 3.05) is 45.8 Å². The Morgan fingerprint density at radius 1 is 1.00 bits per heavy atom. The molecule has 1 aromatic carbocycles. The van der Waals surface area contributed by atoms with Gasteiger partial charge in [-0.3, -0.25) is 9.59 Å². The molecule has 0 bridgehead atoms. The third kappa shape index (κ3) is 7.23. The van der Waals surface area contributed by atoms with Crippen LogP contribution in [0.4, 0.5) is 0 Å². The molecule has 0 aromatic heterocycles. The summed E-state index contributed by atoms with van der Waals surface area (Å²) < 4.78 is 0. The molecule has 2 saturated heterocycles. The van der Waals surface area contributed by atoms with Gasteiger partial charge in [0.2, 0.25) is 11.8 Å². The van der Waals surface area contributed by atoms with Crippen LogP contribution >= 0.6 is 23.2 Å². The van der Waals surface area contributed by atoms with Gasteiger partial charge in [-0.15, -0.1) is 0 Å². The lowest BCUT2D eigenvalue weighted by Gasteiger charge is -2.38. The zero-order valence-corrected chi connectivity index (χ0v) is 20.1. The van der Waals surface area contributed by atoms with Crippen molar-refractivity contribution in [3.8, 4) is 0 Å². The molecule has 2 heterocycles. The third-order valence-electron chi connectivity index (χ3n) is 5.98. The summed E-state index contributed by atoms with van der Waals surface area (Å²) in [5.74, 6) is 0.0452. The lowest BCUT2D eigenvalue weighted by atomic mass is 9.91. The van der Waals surface area contributed by atoms with Crippen LogP contribution < -0.4 is 0 Å². The summed E-state index contributed by atoms with van der Waals surface area (Å²) >= 11 is 12.0. The average Bonchev–Trinajstić information content (AvgIpc) is 2.90. The van der Waals surface area contributed by atoms with E-state index in [1.807, 2.05) is 11.0 Å². The van der Waals surface area contributed by atoms with Crippen LogP contribution in [-0.4, -0.2) is 72.3 Å². The van der Waals surface area contributed by atoms with Crippen LogP contribution in [0.5, 0.6) is 0 Å². The van der Waals surface area contributed by atoms with E-state index in [0.29, 0.717) is 36.1 Å². The predicted octanol–water partition coefficient (Wildman–Crippen LogP) is 4.58. The Morgan fingerprint density at radius 2 is 1.74 bits per heavy atom. The van der Waals surface area contributed by atoms with Crippen molar-refractivity contribution >= 4 is 41.1 Å². The van der Waals surface area contributed by atoms with E-state index >= 15 is 0 Å². The van der Waals surface area contributed by atoms with Gasteiger partial charge in [-0.05, 0) is 55.1 Å². The van der Waals surface area contributed by atoms with Gasteiger partial charge < -0.3 is 14.7 Å². The maximum absolute atomic E-state index is 12.7. The molecule has 3 rings (SSSR count). The summed E-state index contributed by atoms with van der Waals surface area (Å²) in [5.41, 5.74) is 0.842. The first kappa shape index (κ1) is 24.1. The lowest BCUT2D eigenvalue weighted by molar-refractivity contribution is -0.131. The number of amides is 2. The molecule has 2 amide bonds. The predicted molar refractivity (Wildman–Crippen MR) is 127 cm³/mol. The van der Waals surface area contributed by atoms with E-state index in [2.05, 4.69) is 18.7 Å². The Hall–Kier alpha value is -1.56. The van der Waals surface area contributed by atoms with Crippen molar-refractivity contribution in [3.05, 3.63) is 39.9 Å². The largest absolute Gasteiger partial charge is 0.340 e. The SMILES string of the molecule is CC(C)(CN1CCCCC1)CN1CCN(C(=O)C=Cc2ccc(Cl)c(Cl)c2)CCC1=O. The monoisotopic (exact) mass is 465 g/mol. The van der Waals surface area contributed by atoms with E-state index in [-0.39, 0.29) is 17.2 Å². The van der Waals surface area contributed by atoms with Crippen molar-refractivity contribution in [2.45, 2.75) is 39.5 Å². The van der Waals surface area contributed by atoms with Gasteiger partial charge in [0.05, 0.1) is 10.0 Å². The average molecular weight is 466 g/mol. The molecule has 5 nitrogen and oxygen atoms in total. The molecule has 0 unspecified atom stereocenters. The van der Waals surface area contributed by atoms with E-state index in [4.69, 9.17) is 23.2 Å². The first-order chi connectivity index (χ1) is 14.7. The summed E-state index contributed by atoms with van der Waals surface area (Å²) in [6, 6.07) is 5.25. The Labute approximate surface area is 196 Å². The molecule has 2 aliphatic rings. The van der Waals surface area contributed by atoms with Crippen LogP contribution in [0, 0.1) is 5.41 Å². The molecule has 0 radical (unpaired) electrons. The number of hydrogen-bond donors (Lipinski definition) is 0. The van der Waals surface area contributed by atoms with Crippen molar-refractivity contribution in [3.63, 3.8) is 0 Å². The van der Waals surface area contributed by atoms with Gasteiger partial charge in [0.1, 0.15) is 0 Å². The number of carbonyl (C=O) groups excluding carboxylic acids is 2. The Kier molecular flexibility index (Phi) is 8.43. The first-order valence-electron chi connectivity index (χ1n) is 11.2. The zero-order valence-electron chi connectivity index (χ0n) is 18.6. The smallest absolute Gasteiger partial charge is 0.246 e. The molecule has 0 aliphatic carbocycles. The fourth-order valence-electron chi connectivity index (χ4n) is 4.43. The molecule has 2 fully saturated rings. The van der Waals surface area contributed by atoms with Crippen LogP contribution in [0.1, 0.15) is 45.1 Å². The number of benzene rings is 1. The molecular weight excluding hydrogens is 433 g/mol. The quantitative estimate of drug-likeness (QED) is 0.577. The first-order valence-corrected chi connectivity index (χ1v) is 11.9. The maximum atomic E-state index is 12.7. The second-order valence-electron chi connectivity index (χ2n) is 9.40. The van der Waals surface area contributed by atoms with Gasteiger partial charge in [0, 0.05) is 45.2 Å². The number of likely N-dealkylation sites (tertiary alicyclic amines) is 1. The molecular formula is C24H33Cl2N3O2. The highest BCUT2D eigenvalue weighted by atomic mass is 35.5. The molecule has 0 atom stereocenters. The number of hydrogen-bond acceptors (Lipinski definition) is 3. The van der Waals surface area contributed by atoms with Gasteiger partial charge in [0.25, 0.3) is 0 Å². The van der Waals surface area contributed by atoms with Crippen LogP contribution in [0.15, 0.2) is 24.3 Å². The zero-order chi connectivity index (χ0) is 22.4. The molecule has 0 spiro atoms. The van der Waals surface area contributed by atoms with Crippen molar-refractivity contribution in [2.24, 2.45) is 5.41 Å². The second-order valence-corrected chi connectivity index (χ2v) is 10.2. The van der Waals surface area contributed by atoms with Gasteiger partial charge in [-0.1, -0.05) is 49.5 Å². The van der Waals surface area contributed by atoms with Crippen LogP contribution in [0.25, 0.3) is 6.08 Å². The summed E-state index contributed by atoms with van der Waals surface area (Å²) in [7, 11) is 0. The Balaban J connectivity index is 1.55. The number of nitrogens with zero attached hydrogens (tertiary/aromatic N) is 3. The van der Waals surface area contributed by atoms with Crippen LogP contribution in [-0.2, 0) is 9.59 Å². The standard InChI is InChI=1S/C24H33Cl2N3O2/c1-24(2,17-27-11-4-3-5-12-27)18-29-15-14-28(13-10-23(29)31)22(30)9-7-19-6-8-20(25)21(26)16-19/h6-9,16H,3-5,10-15,17-18H2,1-2H3. The number of halogens is 2. The number of carbonyl (C=O) groups is 2. The molecule has 170 valence electrons. The topological polar surface area (TPSA) is 43.9 Å². The van der Waals surface area contributed by atoms with Gasteiger partial charge in [0.15, 0.2) is 0 Å². The van der Waals surface area contributed by atoms with Crippen LogP contribution in [0.2, 0.25) is 10.0 Å². The Bertz CT molecular complexity index is 819. The highest BCUT2D eigenvalue weighted by Crippen LogP contribution is 2.24. The van der Waals surface area contributed by atoms with Crippen molar-refractivity contribution in [1.29, 1.82) is 0 Å². The number of rotatable bonds is 6.